The summed E-state index contributed by atoms with van der Waals surface area (Å²) in [6, 6.07) is 12.1. The van der Waals surface area contributed by atoms with Crippen LogP contribution in [0.4, 0.5) is 0 Å². The van der Waals surface area contributed by atoms with Crippen LogP contribution in [-0.4, -0.2) is 12.5 Å². The van der Waals surface area contributed by atoms with Gasteiger partial charge in [-0.2, -0.15) is 0 Å². The van der Waals surface area contributed by atoms with Crippen LogP contribution in [0.15, 0.2) is 36.4 Å². The lowest BCUT2D eigenvalue weighted by atomic mass is 9.87. The van der Waals surface area contributed by atoms with E-state index in [1.54, 1.807) is 11.3 Å². The molecular formula is C18H23NOS. The van der Waals surface area contributed by atoms with Crippen molar-refractivity contribution in [3.8, 4) is 0 Å². The van der Waals surface area contributed by atoms with E-state index >= 15 is 0 Å². The molecule has 112 valence electrons. The molecule has 0 atom stereocenters. The van der Waals surface area contributed by atoms with E-state index in [9.17, 15) is 4.79 Å². The van der Waals surface area contributed by atoms with Gasteiger partial charge in [0.25, 0.3) is 5.91 Å². The van der Waals surface area contributed by atoms with Crippen LogP contribution in [0.25, 0.3) is 0 Å². The molecular weight excluding hydrogens is 278 g/mol. The number of carbonyl (C=O) groups excluding carboxylic acids is 1. The molecule has 0 fully saturated rings. The number of amides is 1. The Morgan fingerprint density at radius 2 is 1.76 bits per heavy atom. The summed E-state index contributed by atoms with van der Waals surface area (Å²) in [5.74, 6) is 0.00346. The Morgan fingerprint density at radius 3 is 2.29 bits per heavy atom. The molecule has 0 aliphatic rings. The van der Waals surface area contributed by atoms with Crippen molar-refractivity contribution in [2.75, 3.05) is 6.54 Å². The topological polar surface area (TPSA) is 29.1 Å². The van der Waals surface area contributed by atoms with E-state index in [0.717, 1.165) is 12.0 Å². The van der Waals surface area contributed by atoms with Gasteiger partial charge in [-0.25, -0.2) is 0 Å². The SMILES string of the molecule is Cc1ccc(CCNC(=O)c2ccc(C(C)(C)C)cc2)s1. The molecule has 0 spiro atoms. The number of aryl methyl sites for hydroxylation is 1. The molecule has 1 aromatic heterocycles. The van der Waals surface area contributed by atoms with Gasteiger partial charge in [0.2, 0.25) is 0 Å². The molecule has 1 heterocycles. The zero-order valence-electron chi connectivity index (χ0n) is 13.2. The average Bonchev–Trinajstić information content (AvgIpc) is 2.83. The number of thiophene rings is 1. The summed E-state index contributed by atoms with van der Waals surface area (Å²) >= 11 is 1.79. The maximum Gasteiger partial charge on any atom is 0.251 e. The van der Waals surface area contributed by atoms with Gasteiger partial charge in [-0.05, 0) is 48.6 Å². The van der Waals surface area contributed by atoms with Crippen LogP contribution in [0.2, 0.25) is 0 Å². The lowest BCUT2D eigenvalue weighted by molar-refractivity contribution is 0.0954. The maximum absolute atomic E-state index is 12.1. The van der Waals surface area contributed by atoms with Crippen molar-refractivity contribution in [3.63, 3.8) is 0 Å². The first kappa shape index (κ1) is 15.8. The van der Waals surface area contributed by atoms with E-state index < -0.39 is 0 Å². The number of hydrogen-bond acceptors (Lipinski definition) is 2. The second-order valence-corrected chi connectivity index (χ2v) is 7.72. The smallest absolute Gasteiger partial charge is 0.251 e. The normalized spacial score (nSPS) is 11.4. The average molecular weight is 301 g/mol. The van der Waals surface area contributed by atoms with Crippen LogP contribution in [-0.2, 0) is 11.8 Å². The first-order valence-electron chi connectivity index (χ1n) is 7.30. The molecule has 1 amide bonds. The fraction of sp³-hybridized carbons (Fsp3) is 0.389. The second-order valence-electron chi connectivity index (χ2n) is 6.35. The van der Waals surface area contributed by atoms with Crippen molar-refractivity contribution >= 4 is 17.2 Å². The highest BCUT2D eigenvalue weighted by Crippen LogP contribution is 2.22. The number of hydrogen-bond donors (Lipinski definition) is 1. The molecule has 0 unspecified atom stereocenters. The Labute approximate surface area is 131 Å². The number of nitrogens with one attached hydrogen (secondary N) is 1. The van der Waals surface area contributed by atoms with Crippen molar-refractivity contribution < 1.29 is 4.79 Å². The van der Waals surface area contributed by atoms with E-state index in [0.29, 0.717) is 6.54 Å². The lowest BCUT2D eigenvalue weighted by Gasteiger charge is -2.19. The first-order valence-corrected chi connectivity index (χ1v) is 8.12. The highest BCUT2D eigenvalue weighted by Gasteiger charge is 2.14. The molecule has 0 bridgehead atoms. The second kappa shape index (κ2) is 6.44. The minimum absolute atomic E-state index is 0.00346. The Hall–Kier alpha value is -1.61. The summed E-state index contributed by atoms with van der Waals surface area (Å²) in [4.78, 5) is 14.7. The monoisotopic (exact) mass is 301 g/mol. The molecule has 2 rings (SSSR count). The summed E-state index contributed by atoms with van der Waals surface area (Å²) in [5.41, 5.74) is 2.09. The fourth-order valence-electron chi connectivity index (χ4n) is 2.14. The zero-order chi connectivity index (χ0) is 15.5. The Bertz CT molecular complexity index is 605. The first-order chi connectivity index (χ1) is 9.86. The van der Waals surface area contributed by atoms with Crippen LogP contribution in [0, 0.1) is 6.92 Å². The highest BCUT2D eigenvalue weighted by molar-refractivity contribution is 7.11. The van der Waals surface area contributed by atoms with Crippen LogP contribution in [0.5, 0.6) is 0 Å². The predicted molar refractivity (Wildman–Crippen MR) is 90.2 cm³/mol. The minimum atomic E-state index is 0.00346. The fourth-order valence-corrected chi connectivity index (χ4v) is 3.03. The molecule has 21 heavy (non-hydrogen) atoms. The van der Waals surface area contributed by atoms with Gasteiger partial charge in [0, 0.05) is 21.9 Å². The van der Waals surface area contributed by atoms with Crippen molar-refractivity contribution in [1.29, 1.82) is 0 Å². The summed E-state index contributed by atoms with van der Waals surface area (Å²) in [7, 11) is 0. The van der Waals surface area contributed by atoms with Gasteiger partial charge in [0.05, 0.1) is 0 Å². The van der Waals surface area contributed by atoms with Crippen molar-refractivity contribution in [2.24, 2.45) is 0 Å². The van der Waals surface area contributed by atoms with Gasteiger partial charge in [-0.3, -0.25) is 4.79 Å². The van der Waals surface area contributed by atoms with Gasteiger partial charge >= 0.3 is 0 Å². The van der Waals surface area contributed by atoms with Crippen LogP contribution < -0.4 is 5.32 Å². The predicted octanol–water partition coefficient (Wildman–Crippen LogP) is 4.33. The van der Waals surface area contributed by atoms with E-state index in [-0.39, 0.29) is 11.3 Å². The lowest BCUT2D eigenvalue weighted by Crippen LogP contribution is -2.25. The summed E-state index contributed by atoms with van der Waals surface area (Å²) in [6.07, 6.45) is 0.893. The molecule has 1 aromatic carbocycles. The quantitative estimate of drug-likeness (QED) is 0.895. The molecule has 1 N–H and O–H groups in total. The van der Waals surface area contributed by atoms with Crippen molar-refractivity contribution in [1.82, 2.24) is 5.32 Å². The molecule has 2 aromatic rings. The number of benzene rings is 1. The van der Waals surface area contributed by atoms with E-state index in [1.807, 2.05) is 24.3 Å². The molecule has 0 radical (unpaired) electrons. The third-order valence-corrected chi connectivity index (χ3v) is 4.53. The molecule has 0 aliphatic carbocycles. The largest absolute Gasteiger partial charge is 0.352 e. The number of rotatable bonds is 4. The summed E-state index contributed by atoms with van der Waals surface area (Å²) in [6.45, 7) is 9.30. The minimum Gasteiger partial charge on any atom is -0.352 e. The Kier molecular flexibility index (Phi) is 4.84. The third-order valence-electron chi connectivity index (χ3n) is 3.47. The van der Waals surface area contributed by atoms with E-state index in [2.05, 4.69) is 45.1 Å². The van der Waals surface area contributed by atoms with E-state index in [4.69, 9.17) is 0 Å². The standard InChI is InChI=1S/C18H23NOS/c1-13-5-10-16(21-13)11-12-19-17(20)14-6-8-15(9-7-14)18(2,3)4/h5-10H,11-12H2,1-4H3,(H,19,20). The van der Waals surface area contributed by atoms with Gasteiger partial charge in [-0.1, -0.05) is 32.9 Å². The molecule has 3 heteroatoms. The van der Waals surface area contributed by atoms with Gasteiger partial charge in [-0.15, -0.1) is 11.3 Å². The summed E-state index contributed by atoms with van der Waals surface area (Å²) < 4.78 is 0. The van der Waals surface area contributed by atoms with Crippen molar-refractivity contribution in [2.45, 2.75) is 39.5 Å². The highest BCUT2D eigenvalue weighted by atomic mass is 32.1. The molecule has 0 saturated carbocycles. The molecule has 0 aliphatic heterocycles. The van der Waals surface area contributed by atoms with Gasteiger partial charge in [0.15, 0.2) is 0 Å². The van der Waals surface area contributed by atoms with Crippen LogP contribution >= 0.6 is 11.3 Å². The van der Waals surface area contributed by atoms with Gasteiger partial charge < -0.3 is 5.32 Å². The molecule has 2 nitrogen and oxygen atoms in total. The van der Waals surface area contributed by atoms with Crippen molar-refractivity contribution in [3.05, 3.63) is 57.3 Å². The summed E-state index contributed by atoms with van der Waals surface area (Å²) in [5, 5.41) is 2.98. The third kappa shape index (κ3) is 4.43. The van der Waals surface area contributed by atoms with Crippen LogP contribution in [0.1, 0.15) is 46.4 Å². The number of carbonyl (C=O) groups is 1. The Balaban J connectivity index is 1.88. The zero-order valence-corrected chi connectivity index (χ0v) is 14.0. The van der Waals surface area contributed by atoms with E-state index in [1.165, 1.54) is 15.3 Å². The van der Waals surface area contributed by atoms with Crippen LogP contribution in [0.3, 0.4) is 0 Å². The van der Waals surface area contributed by atoms with Gasteiger partial charge in [0.1, 0.15) is 0 Å². The Morgan fingerprint density at radius 1 is 1.10 bits per heavy atom. The maximum atomic E-state index is 12.1. The molecule has 0 saturated heterocycles.